The highest BCUT2D eigenvalue weighted by atomic mass is 16.5. The maximum Gasteiger partial charge on any atom is 0.410 e. The van der Waals surface area contributed by atoms with Crippen LogP contribution in [0.1, 0.15) is 59.8 Å². The zero-order valence-electron chi connectivity index (χ0n) is 18.8. The minimum absolute atomic E-state index is 0.0145. The van der Waals surface area contributed by atoms with Crippen LogP contribution in [0, 0.1) is 5.92 Å². The van der Waals surface area contributed by atoms with Crippen molar-refractivity contribution in [1.29, 1.82) is 0 Å². The van der Waals surface area contributed by atoms with Gasteiger partial charge in [0.2, 0.25) is 0 Å². The third-order valence-corrected chi connectivity index (χ3v) is 4.91. The van der Waals surface area contributed by atoms with E-state index in [9.17, 15) is 14.7 Å². The zero-order chi connectivity index (χ0) is 22.5. The van der Waals surface area contributed by atoms with Gasteiger partial charge in [-0.3, -0.25) is 10.1 Å². The van der Waals surface area contributed by atoms with Crippen LogP contribution in [-0.4, -0.2) is 30.7 Å². The molecule has 1 amide bonds. The second-order valence-corrected chi connectivity index (χ2v) is 7.51. The van der Waals surface area contributed by atoms with E-state index >= 15 is 0 Å². The van der Waals surface area contributed by atoms with Gasteiger partial charge in [-0.15, -0.1) is 0 Å². The quantitative estimate of drug-likeness (QED) is 0.272. The lowest BCUT2D eigenvalue weighted by Gasteiger charge is -2.22. The number of unbranched alkanes of at least 4 members (excludes halogenated alkanes) is 1. The molecule has 0 aromatic carbocycles. The van der Waals surface area contributed by atoms with Gasteiger partial charge in [0.05, 0.1) is 12.7 Å². The summed E-state index contributed by atoms with van der Waals surface area (Å²) < 4.78 is 10.2. The summed E-state index contributed by atoms with van der Waals surface area (Å²) in [7, 11) is 1.30. The summed E-state index contributed by atoms with van der Waals surface area (Å²) in [5, 5.41) is 13.0. The van der Waals surface area contributed by atoms with Gasteiger partial charge in [-0.1, -0.05) is 44.1 Å². The minimum Gasteiger partial charge on any atom is -0.507 e. The van der Waals surface area contributed by atoms with E-state index in [1.54, 1.807) is 6.92 Å². The average molecular weight is 418 g/mol. The Labute approximate surface area is 180 Å². The number of amides is 1. The van der Waals surface area contributed by atoms with Crippen molar-refractivity contribution >= 4 is 11.9 Å². The average Bonchev–Trinajstić information content (AvgIpc) is 2.74. The van der Waals surface area contributed by atoms with Crippen LogP contribution in [0.5, 0.6) is 0 Å². The number of ketones is 1. The lowest BCUT2D eigenvalue weighted by atomic mass is 9.97. The van der Waals surface area contributed by atoms with Crippen molar-refractivity contribution in [3.05, 3.63) is 58.7 Å². The molecule has 166 valence electrons. The predicted octanol–water partition coefficient (Wildman–Crippen LogP) is 5.65. The summed E-state index contributed by atoms with van der Waals surface area (Å²) in [4.78, 5) is 23.5. The molecule has 30 heavy (non-hydrogen) atoms. The fourth-order valence-corrected chi connectivity index (χ4v) is 2.84. The number of nitrogens with one attached hydrogen (secondary N) is 1. The molecule has 1 atom stereocenters. The van der Waals surface area contributed by atoms with Crippen LogP contribution in [0.3, 0.4) is 0 Å². The summed E-state index contributed by atoms with van der Waals surface area (Å²) in [5.41, 5.74) is 2.17. The highest BCUT2D eigenvalue weighted by molar-refractivity contribution is 6.05. The van der Waals surface area contributed by atoms with E-state index in [0.717, 1.165) is 25.7 Å². The summed E-state index contributed by atoms with van der Waals surface area (Å²) in [6, 6.07) is 0. The third kappa shape index (κ3) is 8.72. The van der Waals surface area contributed by atoms with Crippen LogP contribution in [0.2, 0.25) is 0 Å². The van der Waals surface area contributed by atoms with Crippen molar-refractivity contribution in [1.82, 2.24) is 5.32 Å². The normalized spacial score (nSPS) is 18.0. The van der Waals surface area contributed by atoms with Gasteiger partial charge >= 0.3 is 6.09 Å². The first-order valence-electron chi connectivity index (χ1n) is 10.4. The van der Waals surface area contributed by atoms with E-state index < -0.39 is 6.09 Å². The van der Waals surface area contributed by atoms with Gasteiger partial charge in [0.1, 0.15) is 18.1 Å². The number of alkyl carbamates (subject to hydrolysis) is 1. The van der Waals surface area contributed by atoms with Crippen molar-refractivity contribution in [3.8, 4) is 0 Å². The van der Waals surface area contributed by atoms with Crippen LogP contribution in [0.15, 0.2) is 58.7 Å². The van der Waals surface area contributed by atoms with Gasteiger partial charge in [-0.2, -0.15) is 0 Å². The van der Waals surface area contributed by atoms with Crippen molar-refractivity contribution in [2.75, 3.05) is 13.7 Å². The monoisotopic (exact) mass is 417 g/mol. The maximum atomic E-state index is 12.5. The largest absolute Gasteiger partial charge is 0.507 e. The molecule has 0 aromatic rings. The molecule has 0 saturated heterocycles. The summed E-state index contributed by atoms with van der Waals surface area (Å²) in [6.07, 6.45) is 12.9. The van der Waals surface area contributed by atoms with Crippen LogP contribution in [-0.2, 0) is 14.3 Å². The molecule has 0 spiro atoms. The molecule has 0 radical (unpaired) electrons. The molecule has 1 aliphatic rings. The van der Waals surface area contributed by atoms with Crippen LogP contribution >= 0.6 is 0 Å². The van der Waals surface area contributed by atoms with Gasteiger partial charge < -0.3 is 14.6 Å². The molecule has 6 heteroatoms. The second-order valence-electron chi connectivity index (χ2n) is 7.51. The molecule has 0 aliphatic carbocycles. The molecular formula is C24H35NO5. The van der Waals surface area contributed by atoms with Crippen molar-refractivity contribution < 1.29 is 24.2 Å². The van der Waals surface area contributed by atoms with E-state index in [-0.39, 0.29) is 29.6 Å². The number of rotatable bonds is 10. The number of methoxy groups -OCH3 is 1. The molecule has 0 fully saturated rings. The maximum absolute atomic E-state index is 12.5. The Morgan fingerprint density at radius 1 is 1.37 bits per heavy atom. The molecule has 1 aliphatic heterocycles. The summed E-state index contributed by atoms with van der Waals surface area (Å²) >= 11 is 0. The first-order valence-corrected chi connectivity index (χ1v) is 10.4. The molecule has 6 nitrogen and oxygen atoms in total. The molecule has 0 aromatic heterocycles. The molecular weight excluding hydrogens is 382 g/mol. The highest BCUT2D eigenvalue weighted by Gasteiger charge is 2.24. The van der Waals surface area contributed by atoms with E-state index in [1.807, 2.05) is 25.2 Å². The number of carbonyl (C=O) groups is 2. The Hall–Kier alpha value is -2.76. The topological polar surface area (TPSA) is 84.9 Å². The smallest absolute Gasteiger partial charge is 0.410 e. The number of ether oxygens (including phenoxy) is 2. The number of aliphatic hydroxyl groups excluding tert-OH is 1. The van der Waals surface area contributed by atoms with Gasteiger partial charge in [-0.25, -0.2) is 4.79 Å². The Morgan fingerprint density at radius 2 is 2.10 bits per heavy atom. The number of hydrogen-bond acceptors (Lipinski definition) is 5. The molecule has 1 rings (SSSR count). The lowest BCUT2D eigenvalue weighted by Crippen LogP contribution is -2.20. The molecule has 2 N–H and O–H groups in total. The van der Waals surface area contributed by atoms with Crippen molar-refractivity contribution in [3.63, 3.8) is 0 Å². The third-order valence-electron chi connectivity index (χ3n) is 4.91. The molecule has 0 saturated carbocycles. The minimum atomic E-state index is -0.515. The Bertz CT molecular complexity index is 756. The molecule has 0 bridgehead atoms. The van der Waals surface area contributed by atoms with Crippen molar-refractivity contribution in [2.24, 2.45) is 5.92 Å². The van der Waals surface area contributed by atoms with Gasteiger partial charge in [0, 0.05) is 18.2 Å². The summed E-state index contributed by atoms with van der Waals surface area (Å²) in [5.74, 6) is 0.422. The van der Waals surface area contributed by atoms with Crippen molar-refractivity contribution in [2.45, 2.75) is 59.8 Å². The number of carbonyl (C=O) groups excluding carboxylic acids is 2. The predicted molar refractivity (Wildman–Crippen MR) is 119 cm³/mol. The highest BCUT2D eigenvalue weighted by Crippen LogP contribution is 2.26. The van der Waals surface area contributed by atoms with E-state index in [0.29, 0.717) is 17.8 Å². The Kier molecular flexibility index (Phi) is 11.3. The first-order chi connectivity index (χ1) is 14.3. The van der Waals surface area contributed by atoms with Crippen LogP contribution < -0.4 is 5.32 Å². The molecule has 1 unspecified atom stereocenters. The fourth-order valence-electron chi connectivity index (χ4n) is 2.84. The SMILES string of the molecule is CCCC/C(C)=C/C=C(\C)C(O)=C1COC(C(C)CC/C=C/NC(=O)OC)=CC1=O. The van der Waals surface area contributed by atoms with Crippen LogP contribution in [0.4, 0.5) is 4.79 Å². The standard InChI is InChI=1S/C24H35NO5/c1-6-7-10-17(2)12-13-19(4)23(27)20-16-30-22(15-21(20)26)18(3)11-8-9-14-25-24(28)29-5/h9,12-15,18,27H,6-8,10-11,16H2,1-5H3,(H,25,28)/b14-9+,17-12+,19-13+,23-20?. The Morgan fingerprint density at radius 3 is 2.73 bits per heavy atom. The number of allylic oxidation sites excluding steroid dienone is 7. The van der Waals surface area contributed by atoms with Gasteiger partial charge in [0.25, 0.3) is 0 Å². The van der Waals surface area contributed by atoms with Gasteiger partial charge in [0.15, 0.2) is 5.78 Å². The number of hydrogen-bond donors (Lipinski definition) is 2. The van der Waals surface area contributed by atoms with E-state index in [2.05, 4.69) is 23.9 Å². The second kappa shape index (κ2) is 13.5. The zero-order valence-corrected chi connectivity index (χ0v) is 18.8. The summed E-state index contributed by atoms with van der Waals surface area (Å²) in [6.45, 7) is 8.04. The van der Waals surface area contributed by atoms with Gasteiger partial charge in [-0.05, 0) is 45.1 Å². The Balaban J connectivity index is 2.71. The lowest BCUT2D eigenvalue weighted by molar-refractivity contribution is -0.113. The molecule has 1 heterocycles. The van der Waals surface area contributed by atoms with E-state index in [1.165, 1.54) is 25.0 Å². The fraction of sp³-hybridized carbons (Fsp3) is 0.500. The van der Waals surface area contributed by atoms with E-state index in [4.69, 9.17) is 4.74 Å². The number of aliphatic hydroxyl groups is 1. The van der Waals surface area contributed by atoms with Crippen LogP contribution in [0.25, 0.3) is 0 Å². The first kappa shape index (κ1) is 25.3.